The zero-order chi connectivity index (χ0) is 26.8. The van der Waals surface area contributed by atoms with Gasteiger partial charge in [-0.3, -0.25) is 14.4 Å². The van der Waals surface area contributed by atoms with Crippen LogP contribution in [0.15, 0.2) is 77.3 Å². The van der Waals surface area contributed by atoms with Crippen LogP contribution in [0.5, 0.6) is 0 Å². The number of nitrogens with one attached hydrogen (secondary N) is 2. The highest BCUT2D eigenvalue weighted by Crippen LogP contribution is 2.35. The van der Waals surface area contributed by atoms with Gasteiger partial charge in [0, 0.05) is 16.6 Å². The summed E-state index contributed by atoms with van der Waals surface area (Å²) in [5.74, 6) is -1.04. The van der Waals surface area contributed by atoms with Gasteiger partial charge < -0.3 is 30.7 Å². The largest absolute Gasteiger partial charge is 0.399 e. The Labute approximate surface area is 219 Å². The second-order valence-corrected chi connectivity index (χ2v) is 9.15. The predicted molar refractivity (Wildman–Crippen MR) is 145 cm³/mol. The second kappa shape index (κ2) is 10.3. The van der Waals surface area contributed by atoms with Gasteiger partial charge in [-0.1, -0.05) is 29.4 Å². The first-order valence-corrected chi connectivity index (χ1v) is 12.3. The molecule has 1 aliphatic heterocycles. The van der Waals surface area contributed by atoms with Crippen molar-refractivity contribution in [2.75, 3.05) is 29.1 Å². The highest BCUT2D eigenvalue weighted by atomic mass is 16.5. The van der Waals surface area contributed by atoms with Gasteiger partial charge in [0.05, 0.1) is 30.5 Å². The normalized spacial score (nSPS) is 16.2. The molecule has 38 heavy (non-hydrogen) atoms. The number of hydrogen-bond donors (Lipinski definition) is 3. The zero-order valence-corrected chi connectivity index (χ0v) is 21.0. The van der Waals surface area contributed by atoms with Crippen LogP contribution in [0.2, 0.25) is 0 Å². The Morgan fingerprint density at radius 1 is 1.05 bits per heavy atom. The van der Waals surface area contributed by atoms with Gasteiger partial charge >= 0.3 is 0 Å². The number of carbonyl (C=O) groups is 3. The van der Waals surface area contributed by atoms with Gasteiger partial charge in [0.15, 0.2) is 5.58 Å². The minimum atomic E-state index is -1.01. The first-order chi connectivity index (χ1) is 18.4. The number of hydrogen-bond acceptors (Lipinski definition) is 7. The van der Waals surface area contributed by atoms with Crippen LogP contribution in [0.25, 0.3) is 11.0 Å². The molecule has 3 aromatic carbocycles. The molecule has 0 fully saturated rings. The number of rotatable bonds is 6. The maximum Gasteiger partial charge on any atom is 0.258 e. The molecule has 4 aromatic rings. The molecule has 1 aromatic heterocycles. The van der Waals surface area contributed by atoms with Crippen LogP contribution >= 0.6 is 0 Å². The third kappa shape index (κ3) is 4.69. The highest BCUT2D eigenvalue weighted by Gasteiger charge is 2.38. The van der Waals surface area contributed by atoms with Crippen LogP contribution in [0.1, 0.15) is 23.0 Å². The number of amides is 3. The van der Waals surface area contributed by atoms with Crippen LogP contribution in [0, 0.1) is 0 Å². The predicted octanol–water partition coefficient (Wildman–Crippen LogP) is 2.70. The van der Waals surface area contributed by atoms with E-state index in [1.54, 1.807) is 73.5 Å². The van der Waals surface area contributed by atoms with E-state index in [1.165, 1.54) is 4.90 Å². The molecule has 0 spiro atoms. The smallest absolute Gasteiger partial charge is 0.258 e. The number of para-hydroxylation sites is 3. The molecule has 4 N–H and O–H groups in total. The molecule has 0 saturated heterocycles. The Balaban J connectivity index is 1.60. The van der Waals surface area contributed by atoms with Crippen LogP contribution in [-0.4, -0.2) is 48.6 Å². The number of fused-ring (bicyclic) bond motifs is 2. The fourth-order valence-electron chi connectivity index (χ4n) is 4.46. The van der Waals surface area contributed by atoms with Gasteiger partial charge in [0.2, 0.25) is 5.91 Å². The summed E-state index contributed by atoms with van der Waals surface area (Å²) < 4.78 is 5.47. The molecule has 0 bridgehead atoms. The van der Waals surface area contributed by atoms with Crippen LogP contribution < -0.4 is 26.2 Å². The lowest BCUT2D eigenvalue weighted by atomic mass is 10.1. The minimum absolute atomic E-state index is 0.0582. The number of nitrogens with zero attached hydrogens (tertiary/aromatic N) is 3. The Morgan fingerprint density at radius 3 is 2.47 bits per heavy atom. The van der Waals surface area contributed by atoms with Crippen molar-refractivity contribution < 1.29 is 18.9 Å². The van der Waals surface area contributed by atoms with E-state index >= 15 is 0 Å². The van der Waals surface area contributed by atoms with Gasteiger partial charge in [-0.25, -0.2) is 0 Å². The summed E-state index contributed by atoms with van der Waals surface area (Å²) in [6.45, 7) is 1.73. The van der Waals surface area contributed by atoms with Gasteiger partial charge in [0.1, 0.15) is 11.7 Å². The number of carbonyl (C=O) groups excluding carboxylic acids is 3. The fraction of sp³-hybridized carbons (Fsp3) is 0.214. The van der Waals surface area contributed by atoms with Crippen molar-refractivity contribution in [2.45, 2.75) is 25.6 Å². The minimum Gasteiger partial charge on any atom is -0.399 e. The van der Waals surface area contributed by atoms with Gasteiger partial charge in [-0.05, 0) is 62.5 Å². The topological polar surface area (TPSA) is 134 Å². The highest BCUT2D eigenvalue weighted by molar-refractivity contribution is 6.12. The Hall–Kier alpha value is -4.70. The lowest BCUT2D eigenvalue weighted by Gasteiger charge is -2.26. The molecule has 0 radical (unpaired) electrons. The second-order valence-electron chi connectivity index (χ2n) is 9.15. The summed E-state index contributed by atoms with van der Waals surface area (Å²) in [4.78, 5) is 43.7. The molecule has 3 amide bonds. The summed E-state index contributed by atoms with van der Waals surface area (Å²) in [6, 6.07) is 19.6. The molecule has 2 unspecified atom stereocenters. The Kier molecular flexibility index (Phi) is 6.80. The van der Waals surface area contributed by atoms with Crippen molar-refractivity contribution >= 4 is 45.8 Å². The van der Waals surface area contributed by atoms with E-state index in [-0.39, 0.29) is 30.8 Å². The number of benzene rings is 3. The monoisotopic (exact) mass is 512 g/mol. The van der Waals surface area contributed by atoms with E-state index in [1.807, 2.05) is 18.2 Å². The van der Waals surface area contributed by atoms with E-state index in [4.69, 9.17) is 10.3 Å². The number of likely N-dealkylation sites (N-methyl/N-ethyl adjacent to an activating group) is 1. The van der Waals surface area contributed by atoms with Crippen molar-refractivity contribution in [3.63, 3.8) is 0 Å². The first kappa shape index (κ1) is 25.0. The zero-order valence-electron chi connectivity index (χ0n) is 21.0. The van der Waals surface area contributed by atoms with Crippen LogP contribution in [-0.2, 0) is 16.1 Å². The molecule has 2 atom stereocenters. The van der Waals surface area contributed by atoms with Crippen molar-refractivity contribution in [1.29, 1.82) is 0 Å². The maximum atomic E-state index is 14.0. The van der Waals surface area contributed by atoms with E-state index < -0.39 is 12.1 Å². The fourth-order valence-corrected chi connectivity index (χ4v) is 4.46. The molecule has 0 aliphatic carbocycles. The van der Waals surface area contributed by atoms with Crippen LogP contribution in [0.4, 0.5) is 17.1 Å². The third-order valence-corrected chi connectivity index (χ3v) is 6.70. The van der Waals surface area contributed by atoms with E-state index in [0.717, 1.165) is 5.39 Å². The molecule has 1 aliphatic rings. The summed E-state index contributed by atoms with van der Waals surface area (Å²) >= 11 is 0. The SMILES string of the molecule is CNC(C)C(=O)NC1CN(C(=O)c2ccc(N)cc2)c2ccccc2N(Cc2noc3ccccc23)C1=O. The third-order valence-electron chi connectivity index (χ3n) is 6.70. The van der Waals surface area contributed by atoms with Crippen LogP contribution in [0.3, 0.4) is 0 Å². The van der Waals surface area contributed by atoms with E-state index in [9.17, 15) is 14.4 Å². The van der Waals surface area contributed by atoms with Gasteiger partial charge in [-0.15, -0.1) is 0 Å². The summed E-state index contributed by atoms with van der Waals surface area (Å²) in [7, 11) is 1.66. The van der Waals surface area contributed by atoms with E-state index in [0.29, 0.717) is 33.9 Å². The summed E-state index contributed by atoms with van der Waals surface area (Å²) in [5.41, 5.74) is 8.99. The lowest BCUT2D eigenvalue weighted by Crippen LogP contribution is -2.55. The van der Waals surface area contributed by atoms with Crippen molar-refractivity contribution in [3.8, 4) is 0 Å². The molecule has 10 heteroatoms. The lowest BCUT2D eigenvalue weighted by molar-refractivity contribution is -0.128. The Bertz CT molecular complexity index is 1500. The number of nitrogen functional groups attached to an aromatic ring is 1. The van der Waals surface area contributed by atoms with Crippen molar-refractivity contribution in [2.24, 2.45) is 0 Å². The Morgan fingerprint density at radius 2 is 1.74 bits per heavy atom. The van der Waals surface area contributed by atoms with Gasteiger partial charge in [0.25, 0.3) is 11.8 Å². The molecule has 10 nitrogen and oxygen atoms in total. The van der Waals surface area contributed by atoms with Gasteiger partial charge in [-0.2, -0.15) is 0 Å². The number of anilines is 3. The molecular formula is C28H28N6O4. The first-order valence-electron chi connectivity index (χ1n) is 12.3. The van der Waals surface area contributed by atoms with E-state index in [2.05, 4.69) is 15.8 Å². The maximum absolute atomic E-state index is 14.0. The number of nitrogens with two attached hydrogens (primary N) is 1. The molecular weight excluding hydrogens is 484 g/mol. The quantitative estimate of drug-likeness (QED) is 0.338. The number of aromatic nitrogens is 1. The molecule has 0 saturated carbocycles. The summed E-state index contributed by atoms with van der Waals surface area (Å²) in [6.07, 6.45) is 0. The summed E-state index contributed by atoms with van der Waals surface area (Å²) in [5, 5.41) is 10.7. The van der Waals surface area contributed by atoms with Crippen molar-refractivity contribution in [3.05, 3.63) is 84.1 Å². The molecule has 194 valence electrons. The molecule has 2 heterocycles. The average Bonchev–Trinajstić information content (AvgIpc) is 3.31. The standard InChI is InChI=1S/C28H28N6O4/c1-17(30-2)26(35)31-22-16-33(27(36)18-11-13-19(29)14-12-18)23-8-4-5-9-24(23)34(28(22)37)15-21-20-7-3-6-10-25(20)38-32-21/h3-14,17,22,30H,15-16,29H2,1-2H3,(H,31,35). The molecule has 5 rings (SSSR count). The average molecular weight is 513 g/mol. The van der Waals surface area contributed by atoms with Crippen molar-refractivity contribution in [1.82, 2.24) is 15.8 Å².